The molecule has 0 bridgehead atoms. The first-order valence-electron chi connectivity index (χ1n) is 4.55. The highest BCUT2D eigenvalue weighted by atomic mass is 16.5. The van der Waals surface area contributed by atoms with Crippen molar-refractivity contribution in [3.05, 3.63) is 29.8 Å². The number of rotatable bonds is 2. The lowest BCUT2D eigenvalue weighted by Gasteiger charge is -2.07. The van der Waals surface area contributed by atoms with E-state index in [4.69, 9.17) is 9.47 Å². The number of hydrogen-bond acceptors (Lipinski definition) is 3. The first-order valence-corrected chi connectivity index (χ1v) is 4.55. The fraction of sp³-hybridized carbons (Fsp3) is 0.364. The van der Waals surface area contributed by atoms with Crippen molar-refractivity contribution in [1.29, 1.82) is 0 Å². The zero-order chi connectivity index (χ0) is 9.97. The van der Waals surface area contributed by atoms with Crippen LogP contribution in [0.3, 0.4) is 0 Å². The molecule has 74 valence electrons. The molecule has 0 aliphatic carbocycles. The van der Waals surface area contributed by atoms with Crippen LogP contribution in [-0.2, 0) is 9.53 Å². The number of ketones is 1. The highest BCUT2D eigenvalue weighted by molar-refractivity contribution is 5.88. The van der Waals surface area contributed by atoms with Gasteiger partial charge in [0.15, 0.2) is 5.78 Å². The Balaban J connectivity index is 2.20. The van der Waals surface area contributed by atoms with Gasteiger partial charge in [0.1, 0.15) is 12.4 Å². The molecule has 1 aromatic carbocycles. The molecule has 1 saturated heterocycles. The molecule has 1 fully saturated rings. The summed E-state index contributed by atoms with van der Waals surface area (Å²) in [5, 5.41) is 0. The maximum absolute atomic E-state index is 11.4. The molecular formula is C11H12O3. The van der Waals surface area contributed by atoms with E-state index in [-0.39, 0.29) is 18.3 Å². The van der Waals surface area contributed by atoms with Gasteiger partial charge in [0.2, 0.25) is 0 Å². The average Bonchev–Trinajstić information content (AvgIpc) is 2.65. The van der Waals surface area contributed by atoms with Crippen molar-refractivity contribution in [3.63, 3.8) is 0 Å². The molecule has 1 heterocycles. The molecule has 1 unspecified atom stereocenters. The molecule has 3 nitrogen and oxygen atoms in total. The summed E-state index contributed by atoms with van der Waals surface area (Å²) in [6.07, 6.45) is 0. The molecule has 0 radical (unpaired) electrons. The normalized spacial score (nSPS) is 21.2. The van der Waals surface area contributed by atoms with E-state index in [2.05, 4.69) is 0 Å². The van der Waals surface area contributed by atoms with Gasteiger partial charge in [-0.1, -0.05) is 12.1 Å². The number of carbonyl (C=O) groups is 1. The molecule has 1 aliphatic heterocycles. The summed E-state index contributed by atoms with van der Waals surface area (Å²) in [5.41, 5.74) is 1.01. The first-order chi connectivity index (χ1) is 6.81. The molecule has 0 saturated carbocycles. The van der Waals surface area contributed by atoms with Gasteiger partial charge in [-0.25, -0.2) is 0 Å². The van der Waals surface area contributed by atoms with Crippen LogP contribution < -0.4 is 4.74 Å². The standard InChI is InChI=1S/C11H12O3/c1-13-9-4-2-8(3-5-9)10-6-14-7-11(10)12/h2-5,10H,6-7H2,1H3. The third-order valence-corrected chi connectivity index (χ3v) is 2.44. The van der Waals surface area contributed by atoms with Crippen LogP contribution in [0.15, 0.2) is 24.3 Å². The van der Waals surface area contributed by atoms with Crippen molar-refractivity contribution in [2.45, 2.75) is 5.92 Å². The summed E-state index contributed by atoms with van der Waals surface area (Å²) in [6, 6.07) is 7.55. The molecule has 0 spiro atoms. The van der Waals surface area contributed by atoms with Gasteiger partial charge in [-0.15, -0.1) is 0 Å². The summed E-state index contributed by atoms with van der Waals surface area (Å²) in [5.74, 6) is 0.885. The van der Waals surface area contributed by atoms with E-state index in [0.717, 1.165) is 11.3 Å². The Kier molecular flexibility index (Phi) is 2.50. The molecule has 1 aliphatic rings. The van der Waals surface area contributed by atoms with Crippen molar-refractivity contribution in [3.8, 4) is 5.75 Å². The summed E-state index contributed by atoms with van der Waals surface area (Å²) in [7, 11) is 1.62. The van der Waals surface area contributed by atoms with Gasteiger partial charge in [0, 0.05) is 0 Å². The minimum Gasteiger partial charge on any atom is -0.497 e. The molecule has 2 rings (SSSR count). The largest absolute Gasteiger partial charge is 0.497 e. The minimum atomic E-state index is -0.0825. The highest BCUT2D eigenvalue weighted by Crippen LogP contribution is 2.24. The van der Waals surface area contributed by atoms with Gasteiger partial charge in [0.05, 0.1) is 19.6 Å². The quantitative estimate of drug-likeness (QED) is 0.710. The van der Waals surface area contributed by atoms with E-state index in [0.29, 0.717) is 6.61 Å². The Hall–Kier alpha value is -1.35. The lowest BCUT2D eigenvalue weighted by Crippen LogP contribution is -2.08. The second-order valence-corrected chi connectivity index (χ2v) is 3.31. The van der Waals surface area contributed by atoms with Crippen LogP contribution in [0, 0.1) is 0 Å². The lowest BCUT2D eigenvalue weighted by atomic mass is 9.98. The molecule has 0 aromatic heterocycles. The smallest absolute Gasteiger partial charge is 0.168 e. The van der Waals surface area contributed by atoms with Crippen LogP contribution in [0.4, 0.5) is 0 Å². The minimum absolute atomic E-state index is 0.0825. The Bertz CT molecular complexity index is 329. The van der Waals surface area contributed by atoms with Crippen molar-refractivity contribution >= 4 is 5.78 Å². The van der Waals surface area contributed by atoms with Gasteiger partial charge >= 0.3 is 0 Å². The molecule has 3 heteroatoms. The van der Waals surface area contributed by atoms with Gasteiger partial charge in [0.25, 0.3) is 0 Å². The highest BCUT2D eigenvalue weighted by Gasteiger charge is 2.26. The summed E-state index contributed by atoms with van der Waals surface area (Å²) >= 11 is 0. The third-order valence-electron chi connectivity index (χ3n) is 2.44. The second-order valence-electron chi connectivity index (χ2n) is 3.31. The topological polar surface area (TPSA) is 35.5 Å². The van der Waals surface area contributed by atoms with E-state index < -0.39 is 0 Å². The van der Waals surface area contributed by atoms with E-state index in [1.807, 2.05) is 24.3 Å². The van der Waals surface area contributed by atoms with Gasteiger partial charge in [-0.3, -0.25) is 4.79 Å². The zero-order valence-corrected chi connectivity index (χ0v) is 8.03. The number of Topliss-reactive ketones (excluding diaryl/α,β-unsaturated/α-hetero) is 1. The van der Waals surface area contributed by atoms with E-state index in [1.54, 1.807) is 7.11 Å². The summed E-state index contributed by atoms with van der Waals surface area (Å²) < 4.78 is 10.1. The van der Waals surface area contributed by atoms with Crippen LogP contribution >= 0.6 is 0 Å². The van der Waals surface area contributed by atoms with Gasteiger partial charge in [-0.05, 0) is 17.7 Å². The number of hydrogen-bond donors (Lipinski definition) is 0. The SMILES string of the molecule is COc1ccc(C2COCC2=O)cc1. The van der Waals surface area contributed by atoms with Crippen molar-refractivity contribution < 1.29 is 14.3 Å². The van der Waals surface area contributed by atoms with Gasteiger partial charge < -0.3 is 9.47 Å². The molecule has 1 atom stereocenters. The fourth-order valence-electron chi connectivity index (χ4n) is 1.59. The Morgan fingerprint density at radius 3 is 2.57 bits per heavy atom. The van der Waals surface area contributed by atoms with E-state index >= 15 is 0 Å². The predicted octanol–water partition coefficient (Wildman–Crippen LogP) is 1.38. The molecule has 0 N–H and O–H groups in total. The summed E-state index contributed by atoms with van der Waals surface area (Å²) in [4.78, 5) is 11.4. The predicted molar refractivity (Wildman–Crippen MR) is 51.6 cm³/mol. The number of ether oxygens (including phenoxy) is 2. The van der Waals surface area contributed by atoms with E-state index in [9.17, 15) is 4.79 Å². The first kappa shape index (κ1) is 9.21. The fourth-order valence-corrected chi connectivity index (χ4v) is 1.59. The van der Waals surface area contributed by atoms with Crippen LogP contribution in [0.2, 0.25) is 0 Å². The number of benzene rings is 1. The number of methoxy groups -OCH3 is 1. The molecule has 14 heavy (non-hydrogen) atoms. The molecule has 1 aromatic rings. The van der Waals surface area contributed by atoms with Crippen molar-refractivity contribution in [2.75, 3.05) is 20.3 Å². The molecule has 0 amide bonds. The van der Waals surface area contributed by atoms with Crippen LogP contribution in [0.25, 0.3) is 0 Å². The average molecular weight is 192 g/mol. The van der Waals surface area contributed by atoms with Crippen LogP contribution in [-0.4, -0.2) is 26.1 Å². The van der Waals surface area contributed by atoms with Crippen LogP contribution in [0.1, 0.15) is 11.5 Å². The Morgan fingerprint density at radius 2 is 2.07 bits per heavy atom. The van der Waals surface area contributed by atoms with Gasteiger partial charge in [-0.2, -0.15) is 0 Å². The van der Waals surface area contributed by atoms with Crippen molar-refractivity contribution in [2.24, 2.45) is 0 Å². The Labute approximate surface area is 82.6 Å². The maximum atomic E-state index is 11.4. The maximum Gasteiger partial charge on any atom is 0.168 e. The summed E-state index contributed by atoms with van der Waals surface area (Å²) in [6.45, 7) is 0.752. The van der Waals surface area contributed by atoms with Crippen molar-refractivity contribution in [1.82, 2.24) is 0 Å². The number of carbonyl (C=O) groups excluding carboxylic acids is 1. The molecular weight excluding hydrogens is 180 g/mol. The zero-order valence-electron chi connectivity index (χ0n) is 8.03. The van der Waals surface area contributed by atoms with Crippen LogP contribution in [0.5, 0.6) is 5.75 Å². The monoisotopic (exact) mass is 192 g/mol. The Morgan fingerprint density at radius 1 is 1.36 bits per heavy atom. The lowest BCUT2D eigenvalue weighted by molar-refractivity contribution is -0.118. The second kappa shape index (κ2) is 3.80. The third kappa shape index (κ3) is 1.63. The van der Waals surface area contributed by atoms with E-state index in [1.165, 1.54) is 0 Å².